The van der Waals surface area contributed by atoms with Crippen molar-refractivity contribution in [1.82, 2.24) is 9.88 Å². The van der Waals surface area contributed by atoms with Crippen molar-refractivity contribution >= 4 is 40.9 Å². The maximum atomic E-state index is 13.5. The van der Waals surface area contributed by atoms with Crippen molar-refractivity contribution in [2.24, 2.45) is 29.6 Å². The number of carboxylic acids is 1. The highest BCUT2D eigenvalue weighted by molar-refractivity contribution is 8.00. The number of thioether (sulfide) groups is 1. The number of amides is 2. The van der Waals surface area contributed by atoms with Gasteiger partial charge in [-0.15, -0.1) is 11.8 Å². The van der Waals surface area contributed by atoms with Gasteiger partial charge in [0, 0.05) is 16.0 Å². The molecule has 2 aromatic rings. The minimum atomic E-state index is -1.22. The number of H-pyrrole nitrogens is 1. The molecular formula is C24H24N2O8S2. The molecule has 2 aliphatic carbocycles. The van der Waals surface area contributed by atoms with E-state index >= 15 is 0 Å². The number of thiazole rings is 1. The molecule has 12 heteroatoms. The van der Waals surface area contributed by atoms with Crippen LogP contribution < -0.4 is 14.3 Å². The molecule has 3 heterocycles. The normalized spacial score (nSPS) is 32.8. The molecule has 1 aromatic carbocycles. The summed E-state index contributed by atoms with van der Waals surface area (Å²) in [5.41, 5.74) is 0.782. The SMILES string of the molecule is COc1cc([C@H]2c3sc(=O)[nH]c3S[C@@H]3[C@H]4C[C@@H]([C@@H]5C(=O)N([C@H](C)C(=O)O)C(=O)[C@H]45)[C@H]23)cc(OC)c1O. The number of carbonyl (C=O) groups excluding carboxylic acids is 2. The molecule has 4 aliphatic rings. The van der Waals surface area contributed by atoms with Crippen molar-refractivity contribution in [3.63, 3.8) is 0 Å². The van der Waals surface area contributed by atoms with Gasteiger partial charge < -0.3 is 24.7 Å². The Balaban J connectivity index is 1.48. The van der Waals surface area contributed by atoms with Gasteiger partial charge in [-0.05, 0) is 48.8 Å². The number of fused-ring (bicyclic) bond motifs is 9. The molecule has 2 aliphatic heterocycles. The third-order valence-electron chi connectivity index (χ3n) is 8.36. The fourth-order valence-corrected chi connectivity index (χ4v) is 9.89. The summed E-state index contributed by atoms with van der Waals surface area (Å²) in [5.74, 6) is -3.44. The van der Waals surface area contributed by atoms with Crippen molar-refractivity contribution in [2.45, 2.75) is 35.6 Å². The number of ether oxygens (including phenoxy) is 2. The number of aromatic nitrogens is 1. The first-order valence-corrected chi connectivity index (χ1v) is 13.3. The number of methoxy groups -OCH3 is 2. The van der Waals surface area contributed by atoms with Gasteiger partial charge in [0.15, 0.2) is 11.5 Å². The number of benzene rings is 1. The zero-order chi connectivity index (χ0) is 25.6. The van der Waals surface area contributed by atoms with Crippen LogP contribution in [-0.2, 0) is 14.4 Å². The van der Waals surface area contributed by atoms with Crippen LogP contribution >= 0.6 is 23.1 Å². The number of carboxylic acid groups (broad SMARTS) is 1. The quantitative estimate of drug-likeness (QED) is 0.493. The van der Waals surface area contributed by atoms with Crippen molar-refractivity contribution in [2.75, 3.05) is 14.2 Å². The maximum Gasteiger partial charge on any atom is 0.326 e. The average molecular weight is 533 g/mol. The molecule has 2 amide bonds. The van der Waals surface area contributed by atoms with E-state index in [0.29, 0.717) is 6.42 Å². The summed E-state index contributed by atoms with van der Waals surface area (Å²) in [6.45, 7) is 1.36. The van der Waals surface area contributed by atoms with Gasteiger partial charge in [-0.1, -0.05) is 11.3 Å². The van der Waals surface area contributed by atoms with E-state index in [1.165, 1.54) is 21.1 Å². The van der Waals surface area contributed by atoms with Gasteiger partial charge in [0.05, 0.1) is 31.1 Å². The number of phenolic OH excluding ortho intramolecular Hbond substituents is 1. The Morgan fingerprint density at radius 2 is 1.72 bits per heavy atom. The molecule has 3 fully saturated rings. The van der Waals surface area contributed by atoms with Crippen molar-refractivity contribution in [3.8, 4) is 17.2 Å². The van der Waals surface area contributed by atoms with Crippen molar-refractivity contribution in [1.29, 1.82) is 0 Å². The second-order valence-electron chi connectivity index (χ2n) is 9.80. The Kier molecular flexibility index (Phi) is 5.21. The Bertz CT molecular complexity index is 1340. The summed E-state index contributed by atoms with van der Waals surface area (Å²) in [4.78, 5) is 55.4. The molecule has 1 aromatic heterocycles. The number of aromatic amines is 1. The molecule has 2 saturated carbocycles. The van der Waals surface area contributed by atoms with E-state index in [0.717, 1.165) is 31.7 Å². The molecule has 1 saturated heterocycles. The van der Waals surface area contributed by atoms with Crippen LogP contribution in [0.2, 0.25) is 0 Å². The summed E-state index contributed by atoms with van der Waals surface area (Å²) in [6, 6.07) is 2.24. The number of imide groups is 1. The summed E-state index contributed by atoms with van der Waals surface area (Å²) < 4.78 is 10.8. The van der Waals surface area contributed by atoms with E-state index in [1.54, 1.807) is 23.9 Å². The summed E-state index contributed by atoms with van der Waals surface area (Å²) in [7, 11) is 2.89. The number of rotatable bonds is 5. The first-order chi connectivity index (χ1) is 17.2. The van der Waals surface area contributed by atoms with E-state index in [2.05, 4.69) is 4.98 Å². The topological polar surface area (TPSA) is 146 Å². The zero-order valence-corrected chi connectivity index (χ0v) is 21.2. The molecule has 6 rings (SSSR count). The fourth-order valence-electron chi connectivity index (χ4n) is 7.00. The third-order valence-corrected chi connectivity index (χ3v) is 11.0. The summed E-state index contributed by atoms with van der Waals surface area (Å²) in [5, 5.41) is 20.7. The molecule has 0 spiro atoms. The predicted octanol–water partition coefficient (Wildman–Crippen LogP) is 2.11. The first-order valence-electron chi connectivity index (χ1n) is 11.6. The average Bonchev–Trinajstić information content (AvgIpc) is 3.57. The van der Waals surface area contributed by atoms with Gasteiger partial charge in [0.2, 0.25) is 17.6 Å². The van der Waals surface area contributed by atoms with Crippen LogP contribution in [0.25, 0.3) is 0 Å². The molecule has 8 atom stereocenters. The lowest BCUT2D eigenvalue weighted by Gasteiger charge is -2.43. The third kappa shape index (κ3) is 2.97. The lowest BCUT2D eigenvalue weighted by atomic mass is 9.68. The van der Waals surface area contributed by atoms with Crippen molar-refractivity contribution in [3.05, 3.63) is 32.2 Å². The van der Waals surface area contributed by atoms with Gasteiger partial charge in [0.1, 0.15) is 6.04 Å². The predicted molar refractivity (Wildman–Crippen MR) is 129 cm³/mol. The van der Waals surface area contributed by atoms with E-state index in [9.17, 15) is 29.4 Å². The zero-order valence-electron chi connectivity index (χ0n) is 19.6. The Hall–Kier alpha value is -2.99. The van der Waals surface area contributed by atoms with E-state index in [-0.39, 0.29) is 51.0 Å². The number of hydrogen-bond acceptors (Lipinski definition) is 9. The largest absolute Gasteiger partial charge is 0.502 e. The number of likely N-dealkylation sites (tertiary alicyclic amines) is 1. The minimum absolute atomic E-state index is 0.0402. The number of nitrogens with zero attached hydrogens (tertiary/aromatic N) is 1. The van der Waals surface area contributed by atoms with Crippen LogP contribution in [0.5, 0.6) is 17.2 Å². The Morgan fingerprint density at radius 3 is 2.31 bits per heavy atom. The molecular weight excluding hydrogens is 508 g/mol. The molecule has 10 nitrogen and oxygen atoms in total. The van der Waals surface area contributed by atoms with E-state index in [1.807, 2.05) is 0 Å². The summed E-state index contributed by atoms with van der Waals surface area (Å²) >= 11 is 2.67. The number of hydrogen-bond donors (Lipinski definition) is 3. The van der Waals surface area contributed by atoms with Crippen LogP contribution in [0.3, 0.4) is 0 Å². The van der Waals surface area contributed by atoms with Gasteiger partial charge in [-0.2, -0.15) is 0 Å². The molecule has 36 heavy (non-hydrogen) atoms. The highest BCUT2D eigenvalue weighted by atomic mass is 32.2. The second-order valence-corrected chi connectivity index (χ2v) is 12.0. The number of nitrogens with one attached hydrogen (secondary N) is 1. The second kappa shape index (κ2) is 8.01. The maximum absolute atomic E-state index is 13.5. The van der Waals surface area contributed by atoms with Crippen LogP contribution in [0, 0.1) is 29.6 Å². The van der Waals surface area contributed by atoms with Gasteiger partial charge in [-0.3, -0.25) is 19.3 Å². The number of aliphatic carboxylic acids is 1. The smallest absolute Gasteiger partial charge is 0.326 e. The molecule has 2 bridgehead atoms. The monoisotopic (exact) mass is 532 g/mol. The highest BCUT2D eigenvalue weighted by Crippen LogP contribution is 2.69. The number of aromatic hydroxyl groups is 1. The Labute approximate surface area is 213 Å². The lowest BCUT2D eigenvalue weighted by molar-refractivity contribution is -0.154. The Morgan fingerprint density at radius 1 is 1.11 bits per heavy atom. The number of carbonyl (C=O) groups is 3. The number of phenols is 1. The van der Waals surface area contributed by atoms with E-state index in [4.69, 9.17) is 9.47 Å². The highest BCUT2D eigenvalue weighted by Gasteiger charge is 2.70. The lowest BCUT2D eigenvalue weighted by Crippen LogP contribution is -2.44. The van der Waals surface area contributed by atoms with Gasteiger partial charge in [-0.25, -0.2) is 4.79 Å². The standard InChI is InChI=1S/C24H24N2O8S2/c1-7(23(30)31)26-21(28)15-9-6-10(16(15)22(26)29)18-14(9)13(19-20(35-18)25-24(32)36-19)8-4-11(33-2)17(27)12(5-8)34-3/h4-5,7,9-10,13-16,18,27H,6H2,1-3H3,(H,25,32)(H,30,31)/t7-,9-,10+,13-,14-,15+,16-,18-/m1/s1. The molecule has 0 radical (unpaired) electrons. The summed E-state index contributed by atoms with van der Waals surface area (Å²) in [6.07, 6.45) is 0.687. The van der Waals surface area contributed by atoms with Gasteiger partial charge in [0.25, 0.3) is 0 Å². The fraction of sp³-hybridized carbons (Fsp3) is 0.500. The van der Waals surface area contributed by atoms with Crippen molar-refractivity contribution < 1.29 is 34.1 Å². The van der Waals surface area contributed by atoms with Gasteiger partial charge >= 0.3 is 10.8 Å². The van der Waals surface area contributed by atoms with Crippen LogP contribution in [0.1, 0.15) is 29.7 Å². The minimum Gasteiger partial charge on any atom is -0.502 e. The van der Waals surface area contributed by atoms with E-state index < -0.39 is 35.7 Å². The molecule has 3 N–H and O–H groups in total. The molecule has 0 unspecified atom stereocenters. The van der Waals surface area contributed by atoms with Crippen LogP contribution in [0.15, 0.2) is 22.0 Å². The van der Waals surface area contributed by atoms with Crippen LogP contribution in [0.4, 0.5) is 0 Å². The molecule has 190 valence electrons. The van der Waals surface area contributed by atoms with Crippen LogP contribution in [-0.4, -0.2) is 63.4 Å². The first kappa shape index (κ1) is 23.4.